The highest BCUT2D eigenvalue weighted by Gasteiger charge is 2.25. The Morgan fingerprint density at radius 3 is 1.98 bits per heavy atom. The average molecular weight is 645 g/mol. The van der Waals surface area contributed by atoms with Crippen LogP contribution in [0.4, 0.5) is 0 Å². The number of benzene rings is 7. The molecule has 1 aliphatic rings. The summed E-state index contributed by atoms with van der Waals surface area (Å²) in [5.74, 6) is 0.531. The Kier molecular flexibility index (Phi) is 6.00. The summed E-state index contributed by atoms with van der Waals surface area (Å²) in [5, 5.41) is 9.02. The van der Waals surface area contributed by atoms with Gasteiger partial charge < -0.3 is 8.83 Å². The maximum absolute atomic E-state index is 6.90. The molecule has 11 rings (SSSR count). The van der Waals surface area contributed by atoms with Gasteiger partial charge in [0.05, 0.1) is 22.9 Å². The summed E-state index contributed by atoms with van der Waals surface area (Å²) in [6.45, 7) is 0. The van der Waals surface area contributed by atoms with E-state index in [0.717, 1.165) is 88.1 Å². The highest BCUT2D eigenvalue weighted by Crippen LogP contribution is 2.47. The molecule has 3 heterocycles. The molecule has 0 N–H and O–H groups in total. The molecule has 7 aromatic carbocycles. The first-order valence-corrected chi connectivity index (χ1v) is 17.8. The lowest BCUT2D eigenvalue weighted by Gasteiger charge is -2.21. The van der Waals surface area contributed by atoms with Crippen LogP contribution in [-0.2, 0) is 0 Å². The zero-order valence-electron chi connectivity index (χ0n) is 27.4. The molecule has 1 fully saturated rings. The minimum Gasteiger partial charge on any atom is -0.456 e. The molecule has 0 amide bonds. The highest BCUT2D eigenvalue weighted by molar-refractivity contribution is 6.25. The molecule has 0 radical (unpaired) electrons. The van der Waals surface area contributed by atoms with Crippen LogP contribution in [-0.4, -0.2) is 9.97 Å². The highest BCUT2D eigenvalue weighted by atomic mass is 16.3. The standard InChI is InChI=1S/C46H32N2O2/c1-2-12-27(13-3-1)30-21-11-22-36-42-40(50-45(30)36)25-37-33-18-8-9-23-39(33)49-46(37)41(42)29-15-10-14-28(24-29)38-26-47-43-34-19-6-4-16-31(34)32-17-5-7-20-35(32)44(43)48-38/h4-11,14-27H,1-3,12-13H2. The largest absolute Gasteiger partial charge is 0.456 e. The number of nitrogens with zero attached hydrogens (tertiary/aromatic N) is 2. The van der Waals surface area contributed by atoms with E-state index < -0.39 is 0 Å². The molecular formula is C46H32N2O2. The fourth-order valence-corrected chi connectivity index (χ4v) is 8.76. The Hall–Kier alpha value is -6.00. The van der Waals surface area contributed by atoms with Gasteiger partial charge in [-0.2, -0.15) is 0 Å². The van der Waals surface area contributed by atoms with Gasteiger partial charge in [0.15, 0.2) is 0 Å². The predicted molar refractivity (Wildman–Crippen MR) is 206 cm³/mol. The summed E-state index contributed by atoms with van der Waals surface area (Å²) in [6, 6.07) is 42.9. The van der Waals surface area contributed by atoms with Crippen molar-refractivity contribution in [2.45, 2.75) is 38.0 Å². The van der Waals surface area contributed by atoms with E-state index in [-0.39, 0.29) is 0 Å². The van der Waals surface area contributed by atoms with Crippen LogP contribution in [0.15, 0.2) is 136 Å². The molecule has 0 aliphatic heterocycles. The first-order valence-electron chi connectivity index (χ1n) is 17.8. The van der Waals surface area contributed by atoms with E-state index in [4.69, 9.17) is 18.8 Å². The van der Waals surface area contributed by atoms with Gasteiger partial charge in [-0.15, -0.1) is 0 Å². The van der Waals surface area contributed by atoms with Crippen molar-refractivity contribution in [3.63, 3.8) is 0 Å². The number of hydrogen-bond donors (Lipinski definition) is 0. The zero-order chi connectivity index (χ0) is 32.8. The molecule has 3 aromatic heterocycles. The van der Waals surface area contributed by atoms with E-state index in [1.807, 2.05) is 12.3 Å². The molecule has 0 spiro atoms. The van der Waals surface area contributed by atoms with Crippen LogP contribution in [0.3, 0.4) is 0 Å². The SMILES string of the molecule is c1cc(-c2cnc3c4ccccc4c4ccccc4c3n2)cc(-c2c3oc4ccccc4c3cc3oc4c(C5CCCCC5)cccc4c23)c1. The lowest BCUT2D eigenvalue weighted by molar-refractivity contribution is 0.442. The van der Waals surface area contributed by atoms with Gasteiger partial charge in [-0.1, -0.05) is 122 Å². The lowest BCUT2D eigenvalue weighted by atomic mass is 9.83. The number of aromatic nitrogens is 2. The van der Waals surface area contributed by atoms with Crippen molar-refractivity contribution < 1.29 is 8.83 Å². The molecule has 4 heteroatoms. The van der Waals surface area contributed by atoms with Gasteiger partial charge in [0.1, 0.15) is 22.3 Å². The molecule has 0 atom stereocenters. The van der Waals surface area contributed by atoms with E-state index in [1.54, 1.807) is 0 Å². The monoisotopic (exact) mass is 644 g/mol. The predicted octanol–water partition coefficient (Wildman–Crippen LogP) is 13.1. The molecule has 0 saturated heterocycles. The number of para-hydroxylation sites is 2. The molecular weight excluding hydrogens is 613 g/mol. The van der Waals surface area contributed by atoms with Crippen molar-refractivity contribution in [3.8, 4) is 22.4 Å². The van der Waals surface area contributed by atoms with E-state index in [2.05, 4.69) is 115 Å². The maximum Gasteiger partial charge on any atom is 0.144 e. The summed E-state index contributed by atoms with van der Waals surface area (Å²) in [6.07, 6.45) is 8.24. The summed E-state index contributed by atoms with van der Waals surface area (Å²) >= 11 is 0. The van der Waals surface area contributed by atoms with Crippen molar-refractivity contribution in [1.82, 2.24) is 9.97 Å². The van der Waals surface area contributed by atoms with Crippen molar-refractivity contribution in [2.24, 2.45) is 0 Å². The zero-order valence-corrected chi connectivity index (χ0v) is 27.4. The quantitative estimate of drug-likeness (QED) is 0.180. The molecule has 238 valence electrons. The Bertz CT molecular complexity index is 2940. The van der Waals surface area contributed by atoms with E-state index in [1.165, 1.54) is 48.4 Å². The van der Waals surface area contributed by atoms with E-state index >= 15 is 0 Å². The number of hydrogen-bond acceptors (Lipinski definition) is 4. The first kappa shape index (κ1) is 27.9. The van der Waals surface area contributed by atoms with Crippen LogP contribution in [0.25, 0.3) is 98.8 Å². The molecule has 1 aliphatic carbocycles. The lowest BCUT2D eigenvalue weighted by Crippen LogP contribution is -2.04. The smallest absolute Gasteiger partial charge is 0.144 e. The van der Waals surface area contributed by atoms with Gasteiger partial charge in [-0.25, -0.2) is 4.98 Å². The number of furan rings is 2. The third kappa shape index (κ3) is 4.05. The fourth-order valence-electron chi connectivity index (χ4n) is 8.76. The van der Waals surface area contributed by atoms with Crippen LogP contribution >= 0.6 is 0 Å². The summed E-state index contributed by atoms with van der Waals surface area (Å²) < 4.78 is 13.6. The van der Waals surface area contributed by atoms with Gasteiger partial charge in [0.25, 0.3) is 0 Å². The molecule has 0 bridgehead atoms. The summed E-state index contributed by atoms with van der Waals surface area (Å²) in [7, 11) is 0. The molecule has 10 aromatic rings. The van der Waals surface area contributed by atoms with Gasteiger partial charge in [0, 0.05) is 43.4 Å². The third-order valence-electron chi connectivity index (χ3n) is 11.1. The third-order valence-corrected chi connectivity index (χ3v) is 11.1. The Morgan fingerprint density at radius 2 is 1.16 bits per heavy atom. The molecule has 1 saturated carbocycles. The normalized spacial score (nSPS) is 14.3. The first-order chi connectivity index (χ1) is 24.8. The number of fused-ring (bicyclic) bond motifs is 12. The second kappa shape index (κ2) is 10.8. The molecule has 0 unspecified atom stereocenters. The topological polar surface area (TPSA) is 52.1 Å². The van der Waals surface area contributed by atoms with Crippen molar-refractivity contribution in [1.29, 1.82) is 0 Å². The van der Waals surface area contributed by atoms with Gasteiger partial charge >= 0.3 is 0 Å². The molecule has 50 heavy (non-hydrogen) atoms. The minimum atomic E-state index is 0.531. The van der Waals surface area contributed by atoms with Crippen LogP contribution in [0.5, 0.6) is 0 Å². The van der Waals surface area contributed by atoms with Crippen LogP contribution < -0.4 is 0 Å². The van der Waals surface area contributed by atoms with E-state index in [0.29, 0.717) is 5.92 Å². The van der Waals surface area contributed by atoms with Gasteiger partial charge in [0.2, 0.25) is 0 Å². The molecule has 4 nitrogen and oxygen atoms in total. The van der Waals surface area contributed by atoms with Crippen LogP contribution in [0.2, 0.25) is 0 Å². The van der Waals surface area contributed by atoms with Gasteiger partial charge in [-0.05, 0) is 58.9 Å². The fraction of sp³-hybridized carbons (Fsp3) is 0.130. The van der Waals surface area contributed by atoms with Crippen LogP contribution in [0, 0.1) is 0 Å². The van der Waals surface area contributed by atoms with E-state index in [9.17, 15) is 0 Å². The Morgan fingerprint density at radius 1 is 0.500 bits per heavy atom. The maximum atomic E-state index is 6.90. The number of rotatable bonds is 3. The second-order valence-electron chi connectivity index (χ2n) is 13.9. The Balaban J connectivity index is 1.17. The summed E-state index contributed by atoms with van der Waals surface area (Å²) in [4.78, 5) is 10.4. The summed E-state index contributed by atoms with van der Waals surface area (Å²) in [5.41, 5.74) is 10.8. The van der Waals surface area contributed by atoms with Crippen molar-refractivity contribution in [3.05, 3.63) is 133 Å². The second-order valence-corrected chi connectivity index (χ2v) is 13.9. The van der Waals surface area contributed by atoms with Crippen molar-refractivity contribution in [2.75, 3.05) is 0 Å². The Labute approximate surface area is 288 Å². The van der Waals surface area contributed by atoms with Crippen LogP contribution in [0.1, 0.15) is 43.6 Å². The average Bonchev–Trinajstić information content (AvgIpc) is 3.75. The minimum absolute atomic E-state index is 0.531. The van der Waals surface area contributed by atoms with Crippen molar-refractivity contribution >= 4 is 76.5 Å². The van der Waals surface area contributed by atoms with Gasteiger partial charge in [-0.3, -0.25) is 4.98 Å².